The molecular weight excluding hydrogens is 388 g/mol. The fraction of sp³-hybridized carbons (Fsp3) is 0.227. The average molecular weight is 409 g/mol. The molecule has 1 fully saturated rings. The van der Waals surface area contributed by atoms with Crippen molar-refractivity contribution in [1.29, 1.82) is 0 Å². The zero-order chi connectivity index (χ0) is 20.2. The molecule has 0 spiro atoms. The molecule has 1 aliphatic heterocycles. The van der Waals surface area contributed by atoms with Crippen molar-refractivity contribution < 1.29 is 9.53 Å². The van der Waals surface area contributed by atoms with Gasteiger partial charge in [-0.1, -0.05) is 35.9 Å². The fourth-order valence-electron chi connectivity index (χ4n) is 3.44. The highest BCUT2D eigenvalue weighted by molar-refractivity contribution is 6.33. The van der Waals surface area contributed by atoms with Crippen LogP contribution in [0.2, 0.25) is 5.02 Å². The van der Waals surface area contributed by atoms with Crippen LogP contribution >= 0.6 is 11.6 Å². The van der Waals surface area contributed by atoms with Crippen molar-refractivity contribution in [2.45, 2.75) is 0 Å². The first-order valence-corrected chi connectivity index (χ1v) is 9.81. The lowest BCUT2D eigenvalue weighted by Crippen LogP contribution is -2.49. The zero-order valence-electron chi connectivity index (χ0n) is 16.1. The molecule has 0 atom stereocenters. The monoisotopic (exact) mass is 408 g/mol. The lowest BCUT2D eigenvalue weighted by molar-refractivity contribution is 0.0746. The number of halogens is 1. The summed E-state index contributed by atoms with van der Waals surface area (Å²) in [5.41, 5.74) is 2.21. The Morgan fingerprint density at radius 2 is 1.66 bits per heavy atom. The average Bonchev–Trinajstić information content (AvgIpc) is 2.79. The maximum absolute atomic E-state index is 12.7. The van der Waals surface area contributed by atoms with E-state index in [1.165, 1.54) is 0 Å². The van der Waals surface area contributed by atoms with E-state index in [2.05, 4.69) is 15.1 Å². The van der Waals surface area contributed by atoms with Crippen molar-refractivity contribution in [1.82, 2.24) is 15.1 Å². The molecule has 7 heteroatoms. The molecule has 29 heavy (non-hydrogen) atoms. The van der Waals surface area contributed by atoms with E-state index >= 15 is 0 Å². The number of para-hydroxylation sites is 1. The number of hydrogen-bond donors (Lipinski definition) is 0. The molecule has 6 nitrogen and oxygen atoms in total. The molecule has 0 bridgehead atoms. The van der Waals surface area contributed by atoms with E-state index in [4.69, 9.17) is 16.3 Å². The van der Waals surface area contributed by atoms with Gasteiger partial charge in [-0.3, -0.25) is 4.79 Å². The van der Waals surface area contributed by atoms with Gasteiger partial charge in [-0.2, -0.15) is 0 Å². The Morgan fingerprint density at radius 3 is 2.34 bits per heavy atom. The molecule has 1 saturated heterocycles. The number of amides is 1. The summed E-state index contributed by atoms with van der Waals surface area (Å²) in [5.74, 6) is 1.53. The Hall–Kier alpha value is -3.12. The summed E-state index contributed by atoms with van der Waals surface area (Å²) in [6.07, 6.45) is 0. The molecule has 0 aliphatic carbocycles. The smallest absolute Gasteiger partial charge is 0.255 e. The fourth-order valence-corrected chi connectivity index (χ4v) is 3.65. The predicted molar refractivity (Wildman–Crippen MR) is 114 cm³/mol. The number of nitrogens with zero attached hydrogens (tertiary/aromatic N) is 4. The van der Waals surface area contributed by atoms with Crippen LogP contribution in [0.4, 0.5) is 5.82 Å². The Bertz CT molecular complexity index is 1000. The van der Waals surface area contributed by atoms with Crippen LogP contribution in [0.1, 0.15) is 10.4 Å². The van der Waals surface area contributed by atoms with E-state index in [1.807, 2.05) is 53.4 Å². The number of carbonyl (C=O) groups is 1. The van der Waals surface area contributed by atoms with Crippen LogP contribution in [0.5, 0.6) is 5.75 Å². The maximum Gasteiger partial charge on any atom is 0.255 e. The lowest BCUT2D eigenvalue weighted by Gasteiger charge is -2.35. The number of ether oxygens (including phenoxy) is 1. The summed E-state index contributed by atoms with van der Waals surface area (Å²) in [4.78, 5) is 16.7. The van der Waals surface area contributed by atoms with Crippen molar-refractivity contribution in [3.8, 4) is 17.0 Å². The van der Waals surface area contributed by atoms with Gasteiger partial charge in [-0.15, -0.1) is 10.2 Å². The molecule has 4 rings (SSSR count). The number of methoxy groups -OCH3 is 1. The van der Waals surface area contributed by atoms with Crippen LogP contribution in [-0.2, 0) is 0 Å². The van der Waals surface area contributed by atoms with Crippen LogP contribution in [-0.4, -0.2) is 54.3 Å². The van der Waals surface area contributed by atoms with E-state index in [9.17, 15) is 4.79 Å². The highest BCUT2D eigenvalue weighted by Crippen LogP contribution is 2.28. The summed E-state index contributed by atoms with van der Waals surface area (Å²) < 4.78 is 5.40. The quantitative estimate of drug-likeness (QED) is 0.657. The molecule has 0 radical (unpaired) electrons. The van der Waals surface area contributed by atoms with Gasteiger partial charge in [0, 0.05) is 31.7 Å². The van der Waals surface area contributed by atoms with Gasteiger partial charge in [-0.25, -0.2) is 0 Å². The first kappa shape index (κ1) is 19.2. The van der Waals surface area contributed by atoms with Gasteiger partial charge in [0.15, 0.2) is 5.82 Å². The third kappa shape index (κ3) is 4.03. The zero-order valence-corrected chi connectivity index (χ0v) is 16.8. The standard InChI is InChI=1S/C22H21ClN4O2/c1-29-20-9-5-3-7-17(20)19-10-11-21(25-24-19)26-12-14-27(15-13-26)22(28)16-6-2-4-8-18(16)23/h2-11H,12-15H2,1H3. The largest absolute Gasteiger partial charge is 0.496 e. The van der Waals surface area contributed by atoms with Crippen molar-refractivity contribution in [3.63, 3.8) is 0 Å². The van der Waals surface area contributed by atoms with Gasteiger partial charge in [0.2, 0.25) is 0 Å². The van der Waals surface area contributed by atoms with Crippen LogP contribution in [0.15, 0.2) is 60.7 Å². The number of hydrogen-bond acceptors (Lipinski definition) is 5. The Balaban J connectivity index is 1.43. The highest BCUT2D eigenvalue weighted by atomic mass is 35.5. The van der Waals surface area contributed by atoms with E-state index in [1.54, 1.807) is 19.2 Å². The van der Waals surface area contributed by atoms with Gasteiger partial charge in [0.25, 0.3) is 5.91 Å². The summed E-state index contributed by atoms with van der Waals surface area (Å²) in [6.45, 7) is 2.61. The van der Waals surface area contributed by atoms with Crippen LogP contribution in [0.25, 0.3) is 11.3 Å². The molecule has 2 heterocycles. The van der Waals surface area contributed by atoms with E-state index in [-0.39, 0.29) is 5.91 Å². The van der Waals surface area contributed by atoms with E-state index in [0.717, 1.165) is 22.8 Å². The second-order valence-electron chi connectivity index (χ2n) is 6.74. The molecule has 0 unspecified atom stereocenters. The van der Waals surface area contributed by atoms with Crippen molar-refractivity contribution in [2.24, 2.45) is 0 Å². The van der Waals surface area contributed by atoms with Gasteiger partial charge >= 0.3 is 0 Å². The van der Waals surface area contributed by atoms with Crippen molar-refractivity contribution in [3.05, 3.63) is 71.2 Å². The normalized spacial score (nSPS) is 14.0. The molecule has 3 aromatic rings. The van der Waals surface area contributed by atoms with Crippen molar-refractivity contribution in [2.75, 3.05) is 38.2 Å². The second kappa shape index (κ2) is 8.49. The van der Waals surface area contributed by atoms with Gasteiger partial charge in [-0.05, 0) is 36.4 Å². The molecule has 1 aromatic heterocycles. The second-order valence-corrected chi connectivity index (χ2v) is 7.14. The number of carbonyl (C=O) groups excluding carboxylic acids is 1. The molecule has 1 amide bonds. The SMILES string of the molecule is COc1ccccc1-c1ccc(N2CCN(C(=O)c3ccccc3Cl)CC2)nn1. The first-order chi connectivity index (χ1) is 14.2. The number of benzene rings is 2. The topological polar surface area (TPSA) is 58.6 Å². The summed E-state index contributed by atoms with van der Waals surface area (Å²) in [5, 5.41) is 9.25. The van der Waals surface area contributed by atoms with Crippen LogP contribution < -0.4 is 9.64 Å². The van der Waals surface area contributed by atoms with Gasteiger partial charge in [0.05, 0.1) is 23.4 Å². The van der Waals surface area contributed by atoms with E-state index < -0.39 is 0 Å². The minimum Gasteiger partial charge on any atom is -0.496 e. The molecule has 1 aliphatic rings. The third-order valence-corrected chi connectivity index (χ3v) is 5.36. The van der Waals surface area contributed by atoms with E-state index in [0.29, 0.717) is 36.8 Å². The predicted octanol–water partition coefficient (Wildman–Crippen LogP) is 3.77. The third-order valence-electron chi connectivity index (χ3n) is 5.03. The van der Waals surface area contributed by atoms with Gasteiger partial charge < -0.3 is 14.5 Å². The molecule has 148 valence electrons. The molecule has 0 N–H and O–H groups in total. The Kier molecular flexibility index (Phi) is 5.62. The van der Waals surface area contributed by atoms with Crippen LogP contribution in [0.3, 0.4) is 0 Å². The first-order valence-electron chi connectivity index (χ1n) is 9.43. The van der Waals surface area contributed by atoms with Crippen molar-refractivity contribution >= 4 is 23.3 Å². The Labute approximate surface area is 174 Å². The number of rotatable bonds is 4. The maximum atomic E-state index is 12.7. The number of anilines is 1. The highest BCUT2D eigenvalue weighted by Gasteiger charge is 2.24. The number of aromatic nitrogens is 2. The minimum absolute atomic E-state index is 0.0344. The van der Waals surface area contributed by atoms with Crippen LogP contribution in [0, 0.1) is 0 Å². The molecule has 0 saturated carbocycles. The lowest BCUT2D eigenvalue weighted by atomic mass is 10.1. The summed E-state index contributed by atoms with van der Waals surface area (Å²) in [7, 11) is 1.64. The summed E-state index contributed by atoms with van der Waals surface area (Å²) >= 11 is 6.16. The summed E-state index contributed by atoms with van der Waals surface area (Å²) in [6, 6.07) is 18.8. The Morgan fingerprint density at radius 1 is 0.931 bits per heavy atom. The number of piperazine rings is 1. The van der Waals surface area contributed by atoms with Gasteiger partial charge in [0.1, 0.15) is 5.75 Å². The minimum atomic E-state index is -0.0344. The molecule has 2 aromatic carbocycles. The molecular formula is C22H21ClN4O2.